The molecule has 1 heterocycles. The molecule has 5 heteroatoms. The lowest BCUT2D eigenvalue weighted by Crippen LogP contribution is -2.80. The van der Waals surface area contributed by atoms with Gasteiger partial charge >= 0.3 is 0 Å². The van der Waals surface area contributed by atoms with Crippen molar-refractivity contribution < 1.29 is 19.4 Å². The van der Waals surface area contributed by atoms with Crippen molar-refractivity contribution in [2.45, 2.75) is 108 Å². The summed E-state index contributed by atoms with van der Waals surface area (Å²) in [6.45, 7) is 8.48. The molecule has 196 valence electrons. The number of fused-ring (bicyclic) bond motifs is 2. The van der Waals surface area contributed by atoms with Gasteiger partial charge in [-0.3, -0.25) is 4.79 Å². The summed E-state index contributed by atoms with van der Waals surface area (Å²) in [4.78, 5) is 12.6. The van der Waals surface area contributed by atoms with Crippen LogP contribution < -0.4 is 10.5 Å². The van der Waals surface area contributed by atoms with E-state index in [1.807, 2.05) is 20.1 Å². The van der Waals surface area contributed by atoms with E-state index in [9.17, 15) is 9.90 Å². The zero-order chi connectivity index (χ0) is 25.5. The molecule has 0 aromatic heterocycles. The Balaban J connectivity index is 1.49. The summed E-state index contributed by atoms with van der Waals surface area (Å²) in [5.74, 6) is 2.49. The second-order valence-electron chi connectivity index (χ2n) is 14.6. The number of rotatable bonds is 5. The molecule has 1 aromatic carbocycles. The molecule has 8 rings (SSSR count). The van der Waals surface area contributed by atoms with Gasteiger partial charge in [-0.1, -0.05) is 39.7 Å². The van der Waals surface area contributed by atoms with Crippen molar-refractivity contribution in [2.24, 2.45) is 40.2 Å². The number of ether oxygens (including phenoxy) is 2. The van der Waals surface area contributed by atoms with E-state index < -0.39 is 17.1 Å². The van der Waals surface area contributed by atoms with Crippen LogP contribution in [0, 0.1) is 34.5 Å². The Hall–Kier alpha value is -1.59. The molecule has 0 radical (unpaired) electrons. The Morgan fingerprint density at radius 3 is 2.56 bits per heavy atom. The maximum absolute atomic E-state index is 12.6. The monoisotopic (exact) mass is 493 g/mol. The van der Waals surface area contributed by atoms with E-state index >= 15 is 0 Å². The lowest BCUT2D eigenvalue weighted by Gasteiger charge is -2.75. The maximum Gasteiger partial charge on any atom is 0.252 e. The minimum Gasteiger partial charge on any atom is -0.485 e. The lowest BCUT2D eigenvalue weighted by atomic mass is 9.30. The van der Waals surface area contributed by atoms with Crippen LogP contribution in [0.1, 0.15) is 101 Å². The number of primary amides is 1. The number of hydrogen-bond acceptors (Lipinski definition) is 4. The van der Waals surface area contributed by atoms with Crippen LogP contribution in [0.15, 0.2) is 12.1 Å². The number of methoxy groups -OCH3 is 1. The van der Waals surface area contributed by atoms with Crippen LogP contribution in [0.3, 0.4) is 0 Å². The highest BCUT2D eigenvalue weighted by Crippen LogP contribution is 2.80. The molecule has 1 aliphatic heterocycles. The quantitative estimate of drug-likeness (QED) is 0.594. The van der Waals surface area contributed by atoms with Gasteiger partial charge in [0.1, 0.15) is 17.5 Å². The first-order valence-electron chi connectivity index (χ1n) is 14.3. The van der Waals surface area contributed by atoms with Crippen LogP contribution in [0.25, 0.3) is 0 Å². The average molecular weight is 494 g/mol. The smallest absolute Gasteiger partial charge is 0.252 e. The highest BCUT2D eigenvalue weighted by molar-refractivity contribution is 5.97. The summed E-state index contributed by atoms with van der Waals surface area (Å²) in [6.07, 6.45) is 10.3. The predicted octanol–water partition coefficient (Wildman–Crippen LogP) is 5.15. The largest absolute Gasteiger partial charge is 0.485 e. The lowest BCUT2D eigenvalue weighted by molar-refractivity contribution is -0.314. The van der Waals surface area contributed by atoms with Crippen molar-refractivity contribution in [2.75, 3.05) is 7.11 Å². The van der Waals surface area contributed by atoms with Gasteiger partial charge in [0.05, 0.1) is 11.2 Å². The second kappa shape index (κ2) is 6.88. The van der Waals surface area contributed by atoms with E-state index in [4.69, 9.17) is 15.2 Å². The second-order valence-corrected chi connectivity index (χ2v) is 14.6. The first-order valence-corrected chi connectivity index (χ1v) is 14.3. The molecular formula is C31H43NO4. The van der Waals surface area contributed by atoms with Crippen LogP contribution in [-0.4, -0.2) is 35.4 Å². The molecule has 8 atom stereocenters. The van der Waals surface area contributed by atoms with Gasteiger partial charge in [-0.15, -0.1) is 0 Å². The Labute approximate surface area is 215 Å². The summed E-state index contributed by atoms with van der Waals surface area (Å²) >= 11 is 0. The zero-order valence-electron chi connectivity index (χ0n) is 22.7. The number of nitrogens with two attached hydrogens (primary N) is 1. The number of carbonyl (C=O) groups is 1. The summed E-state index contributed by atoms with van der Waals surface area (Å²) in [5.41, 5.74) is 7.12. The first kappa shape index (κ1) is 23.5. The predicted molar refractivity (Wildman–Crippen MR) is 138 cm³/mol. The number of hydrogen-bond donors (Lipinski definition) is 2. The Kier molecular flexibility index (Phi) is 4.50. The van der Waals surface area contributed by atoms with Gasteiger partial charge in [-0.05, 0) is 92.1 Å². The van der Waals surface area contributed by atoms with Gasteiger partial charge in [0.15, 0.2) is 0 Å². The molecular weight excluding hydrogens is 450 g/mol. The minimum absolute atomic E-state index is 0.0445. The molecule has 0 saturated heterocycles. The van der Waals surface area contributed by atoms with Gasteiger partial charge in [-0.2, -0.15) is 0 Å². The molecule has 3 N–H and O–H groups in total. The average Bonchev–Trinajstić information content (AvgIpc) is 3.56. The Morgan fingerprint density at radius 1 is 1.17 bits per heavy atom. The standard InChI is InChI=1S/C31H43NO4/c1-27(2,3)28(4,34)22-16-29-12-13-31(22,35-5)26-30(29)11-10-18(14-17-6-7-17)21(29)15-19-8-9-20(25(32)33)24(36-26)23(19)30/h8-9,17-18,21-22,26,34H,6-7,10-16H2,1-5H3,(H2,32,33)/t18?,21-,22+,26+,28?,29+,30-,31+/m0/s1. The number of amides is 1. The SMILES string of the molecule is CO[C@]12CC[C@@]3(C[C@@H]1C(C)(O)C(C)(C)C)[C@H]1Cc4ccc(C(N)=O)c5c4[C@@]3(CCC1CC1CC1)[C@H]2O5. The van der Waals surface area contributed by atoms with Crippen LogP contribution in [-0.2, 0) is 16.6 Å². The van der Waals surface area contributed by atoms with E-state index in [0.717, 1.165) is 49.7 Å². The van der Waals surface area contributed by atoms with E-state index in [1.165, 1.54) is 36.8 Å². The molecule has 1 amide bonds. The van der Waals surface area contributed by atoms with Crippen molar-refractivity contribution in [3.8, 4) is 5.75 Å². The third kappa shape index (κ3) is 2.49. The summed E-state index contributed by atoms with van der Waals surface area (Å²) in [5, 5.41) is 12.3. The number of aliphatic hydroxyl groups is 1. The molecule has 5 fully saturated rings. The number of benzene rings is 1. The minimum atomic E-state index is -0.927. The van der Waals surface area contributed by atoms with E-state index in [-0.39, 0.29) is 28.3 Å². The Bertz CT molecular complexity index is 1150. The van der Waals surface area contributed by atoms with Gasteiger partial charge in [-0.25, -0.2) is 0 Å². The first-order chi connectivity index (χ1) is 16.9. The molecule has 7 aliphatic rings. The molecule has 2 unspecified atom stereocenters. The van der Waals surface area contributed by atoms with E-state index in [2.05, 4.69) is 26.8 Å². The number of carbonyl (C=O) groups excluding carboxylic acids is 1. The topological polar surface area (TPSA) is 81.8 Å². The van der Waals surface area contributed by atoms with Crippen LogP contribution in [0.2, 0.25) is 0 Å². The fraction of sp³-hybridized carbons (Fsp3) is 0.774. The van der Waals surface area contributed by atoms with Crippen molar-refractivity contribution in [1.29, 1.82) is 0 Å². The molecule has 5 saturated carbocycles. The van der Waals surface area contributed by atoms with Crippen molar-refractivity contribution >= 4 is 5.91 Å². The molecule has 36 heavy (non-hydrogen) atoms. The molecule has 5 nitrogen and oxygen atoms in total. The molecule has 4 bridgehead atoms. The van der Waals surface area contributed by atoms with Crippen molar-refractivity contribution in [1.82, 2.24) is 0 Å². The third-order valence-electron chi connectivity index (χ3n) is 12.6. The van der Waals surface area contributed by atoms with Gasteiger partial charge < -0.3 is 20.3 Å². The van der Waals surface area contributed by atoms with Crippen LogP contribution in [0.4, 0.5) is 0 Å². The van der Waals surface area contributed by atoms with Gasteiger partial charge in [0.25, 0.3) is 5.91 Å². The van der Waals surface area contributed by atoms with E-state index in [0.29, 0.717) is 11.5 Å². The summed E-state index contributed by atoms with van der Waals surface area (Å²) < 4.78 is 13.6. The fourth-order valence-corrected chi connectivity index (χ4v) is 10.4. The zero-order valence-corrected chi connectivity index (χ0v) is 22.7. The summed E-state index contributed by atoms with van der Waals surface area (Å²) in [7, 11) is 1.82. The fourth-order valence-electron chi connectivity index (χ4n) is 10.4. The maximum atomic E-state index is 12.6. The van der Waals surface area contributed by atoms with Crippen molar-refractivity contribution in [3.63, 3.8) is 0 Å². The van der Waals surface area contributed by atoms with Gasteiger partial charge in [0.2, 0.25) is 0 Å². The van der Waals surface area contributed by atoms with Crippen molar-refractivity contribution in [3.05, 3.63) is 28.8 Å². The summed E-state index contributed by atoms with van der Waals surface area (Å²) in [6, 6.07) is 4.08. The normalized spacial score (nSPS) is 43.5. The molecule has 6 aliphatic carbocycles. The highest BCUT2D eigenvalue weighted by atomic mass is 16.6. The van der Waals surface area contributed by atoms with Crippen LogP contribution in [0.5, 0.6) is 5.75 Å². The van der Waals surface area contributed by atoms with Gasteiger partial charge in [0, 0.05) is 24.0 Å². The highest BCUT2D eigenvalue weighted by Gasteiger charge is 2.82. The Morgan fingerprint density at radius 2 is 1.92 bits per heavy atom. The molecule has 1 aromatic rings. The van der Waals surface area contributed by atoms with Crippen LogP contribution >= 0.6 is 0 Å². The molecule has 2 spiro atoms. The van der Waals surface area contributed by atoms with E-state index in [1.54, 1.807) is 0 Å². The third-order valence-corrected chi connectivity index (χ3v) is 12.6.